The first-order valence-corrected chi connectivity index (χ1v) is 4.44. The minimum absolute atomic E-state index is 0.283. The summed E-state index contributed by atoms with van der Waals surface area (Å²) in [5, 5.41) is 44.5. The number of carbonyl (C=O) groups is 2. The summed E-state index contributed by atoms with van der Waals surface area (Å²) in [6.07, 6.45) is 0.161. The minimum atomic E-state index is -1.83. The van der Waals surface area contributed by atoms with Gasteiger partial charge in [0.25, 0.3) is 0 Å². The Hall–Kier alpha value is -1.54. The van der Waals surface area contributed by atoms with Crippen molar-refractivity contribution < 1.29 is 40.2 Å². The zero-order valence-corrected chi connectivity index (χ0v) is 8.74. The minimum Gasteiger partial charge on any atom is -0.450 e. The van der Waals surface area contributed by atoms with Gasteiger partial charge in [0, 0.05) is 13.2 Å². The van der Waals surface area contributed by atoms with Crippen LogP contribution in [0.5, 0.6) is 0 Å². The van der Waals surface area contributed by atoms with Gasteiger partial charge in [-0.15, -0.1) is 0 Å². The van der Waals surface area contributed by atoms with Gasteiger partial charge in [0.2, 0.25) is 0 Å². The largest absolute Gasteiger partial charge is 0.503 e. The number of unbranched alkanes of at least 4 members (excludes halogenated alkanes) is 3. The van der Waals surface area contributed by atoms with Crippen molar-refractivity contribution in [2.75, 3.05) is 13.2 Å². The number of rotatable bonds is 5. The molecule has 0 aliphatic rings. The van der Waals surface area contributed by atoms with Crippen molar-refractivity contribution in [3.05, 3.63) is 0 Å². The molecule has 0 heterocycles. The molecule has 0 amide bonds. The Kier molecular flexibility index (Phi) is 23.8. The first-order valence-electron chi connectivity index (χ1n) is 4.44. The molecule has 0 aliphatic heterocycles. The quantitative estimate of drug-likeness (QED) is 0.389. The van der Waals surface area contributed by atoms with Crippen LogP contribution in [0.2, 0.25) is 0 Å². The molecular weight excluding hydrogens is 224 g/mol. The maximum atomic E-state index is 8.56. The highest BCUT2D eigenvalue weighted by Gasteiger charge is 1.84. The van der Waals surface area contributed by atoms with Crippen molar-refractivity contribution in [1.29, 1.82) is 0 Å². The van der Waals surface area contributed by atoms with Crippen LogP contribution in [0.15, 0.2) is 0 Å². The van der Waals surface area contributed by atoms with Gasteiger partial charge in [0.05, 0.1) is 0 Å². The van der Waals surface area contributed by atoms with Crippen LogP contribution in [0.1, 0.15) is 25.7 Å². The average molecular weight is 242 g/mol. The van der Waals surface area contributed by atoms with E-state index in [1.54, 1.807) is 0 Å². The second-order valence-electron chi connectivity index (χ2n) is 2.43. The van der Waals surface area contributed by atoms with Crippen LogP contribution in [0.4, 0.5) is 9.59 Å². The highest BCUT2D eigenvalue weighted by atomic mass is 16.6. The molecule has 0 atom stereocenters. The fourth-order valence-corrected chi connectivity index (χ4v) is 0.577. The summed E-state index contributed by atoms with van der Waals surface area (Å²) in [4.78, 5) is 17.1. The SMILES string of the molecule is O=C(O)O.O=C(O)O.OCCCCCCO. The van der Waals surface area contributed by atoms with Crippen LogP contribution in [-0.2, 0) is 0 Å². The fourth-order valence-electron chi connectivity index (χ4n) is 0.577. The Morgan fingerprint density at radius 2 is 0.812 bits per heavy atom. The fraction of sp³-hybridized carbons (Fsp3) is 0.750. The van der Waals surface area contributed by atoms with Gasteiger partial charge in [0.1, 0.15) is 0 Å². The van der Waals surface area contributed by atoms with Gasteiger partial charge >= 0.3 is 12.3 Å². The number of aliphatic hydroxyl groups is 2. The molecular formula is C8H18O8. The predicted molar refractivity (Wildman–Crippen MR) is 53.9 cm³/mol. The molecule has 0 saturated heterocycles. The summed E-state index contributed by atoms with van der Waals surface area (Å²) in [7, 11) is 0. The molecule has 0 aromatic rings. The van der Waals surface area contributed by atoms with E-state index in [2.05, 4.69) is 0 Å². The van der Waals surface area contributed by atoms with Crippen molar-refractivity contribution in [3.8, 4) is 0 Å². The number of hydrogen-bond donors (Lipinski definition) is 6. The van der Waals surface area contributed by atoms with E-state index in [4.69, 9.17) is 40.2 Å². The van der Waals surface area contributed by atoms with E-state index in [1.165, 1.54) is 0 Å². The zero-order chi connectivity index (χ0) is 13.4. The normalized spacial score (nSPS) is 7.88. The van der Waals surface area contributed by atoms with Crippen molar-refractivity contribution in [2.24, 2.45) is 0 Å². The lowest BCUT2D eigenvalue weighted by Crippen LogP contribution is -1.85. The van der Waals surface area contributed by atoms with Crippen molar-refractivity contribution in [1.82, 2.24) is 0 Å². The third kappa shape index (κ3) is 137. The van der Waals surface area contributed by atoms with Crippen LogP contribution in [0.25, 0.3) is 0 Å². The number of aliphatic hydroxyl groups excluding tert-OH is 2. The van der Waals surface area contributed by atoms with Gasteiger partial charge in [0.15, 0.2) is 0 Å². The standard InChI is InChI=1S/C6H14O2.2CH2O3/c7-5-3-1-2-4-6-8;2*2-1(3)4/h7-8H,1-6H2;2*(H2,2,3,4). The van der Waals surface area contributed by atoms with Gasteiger partial charge in [-0.3, -0.25) is 0 Å². The molecule has 98 valence electrons. The highest BCUT2D eigenvalue weighted by Crippen LogP contribution is 1.96. The molecule has 0 spiro atoms. The van der Waals surface area contributed by atoms with Gasteiger partial charge in [-0.25, -0.2) is 9.59 Å². The van der Waals surface area contributed by atoms with Crippen LogP contribution in [0.3, 0.4) is 0 Å². The summed E-state index contributed by atoms with van der Waals surface area (Å²) in [6, 6.07) is 0. The first-order chi connectivity index (χ1) is 7.38. The van der Waals surface area contributed by atoms with Gasteiger partial charge in [-0.1, -0.05) is 12.8 Å². The highest BCUT2D eigenvalue weighted by molar-refractivity contribution is 5.53. The Morgan fingerprint density at radius 3 is 0.938 bits per heavy atom. The Bertz CT molecular complexity index is 132. The van der Waals surface area contributed by atoms with Crippen LogP contribution < -0.4 is 0 Å². The van der Waals surface area contributed by atoms with E-state index >= 15 is 0 Å². The van der Waals surface area contributed by atoms with E-state index in [0.29, 0.717) is 0 Å². The molecule has 0 aromatic carbocycles. The summed E-state index contributed by atoms with van der Waals surface area (Å²) in [5.41, 5.74) is 0. The van der Waals surface area contributed by atoms with Crippen molar-refractivity contribution in [3.63, 3.8) is 0 Å². The van der Waals surface area contributed by atoms with Gasteiger partial charge in [-0.2, -0.15) is 0 Å². The molecule has 0 aliphatic carbocycles. The second kappa shape index (κ2) is 19.1. The Labute approximate surface area is 92.4 Å². The number of carboxylic acid groups (broad SMARTS) is 4. The van der Waals surface area contributed by atoms with Crippen molar-refractivity contribution in [2.45, 2.75) is 25.7 Å². The molecule has 0 bridgehead atoms. The lowest BCUT2D eigenvalue weighted by molar-refractivity contribution is 0.135. The molecule has 0 radical (unpaired) electrons. The molecule has 0 unspecified atom stereocenters. The monoisotopic (exact) mass is 242 g/mol. The maximum Gasteiger partial charge on any atom is 0.503 e. The molecule has 0 rings (SSSR count). The maximum absolute atomic E-state index is 8.56. The van der Waals surface area contributed by atoms with Crippen LogP contribution in [0, 0.1) is 0 Å². The Morgan fingerprint density at radius 1 is 0.625 bits per heavy atom. The van der Waals surface area contributed by atoms with E-state index in [0.717, 1.165) is 25.7 Å². The third-order valence-corrected chi connectivity index (χ3v) is 1.07. The summed E-state index contributed by atoms with van der Waals surface area (Å²) >= 11 is 0. The smallest absolute Gasteiger partial charge is 0.450 e. The third-order valence-electron chi connectivity index (χ3n) is 1.07. The topological polar surface area (TPSA) is 156 Å². The van der Waals surface area contributed by atoms with E-state index in [1.807, 2.05) is 0 Å². The second-order valence-corrected chi connectivity index (χ2v) is 2.43. The van der Waals surface area contributed by atoms with Gasteiger partial charge < -0.3 is 30.6 Å². The van der Waals surface area contributed by atoms with E-state index in [9.17, 15) is 0 Å². The lowest BCUT2D eigenvalue weighted by atomic mass is 10.2. The molecule has 0 aromatic heterocycles. The van der Waals surface area contributed by atoms with E-state index < -0.39 is 12.3 Å². The van der Waals surface area contributed by atoms with Crippen LogP contribution in [-0.4, -0.2) is 56.2 Å². The van der Waals surface area contributed by atoms with Crippen LogP contribution >= 0.6 is 0 Å². The molecule has 0 fully saturated rings. The molecule has 6 N–H and O–H groups in total. The van der Waals surface area contributed by atoms with Crippen molar-refractivity contribution >= 4 is 12.3 Å². The summed E-state index contributed by atoms with van der Waals surface area (Å²) in [5.74, 6) is 0. The lowest BCUT2D eigenvalue weighted by Gasteiger charge is -1.93. The number of hydrogen-bond acceptors (Lipinski definition) is 4. The molecule has 16 heavy (non-hydrogen) atoms. The summed E-state index contributed by atoms with van der Waals surface area (Å²) in [6.45, 7) is 0.566. The van der Waals surface area contributed by atoms with E-state index in [-0.39, 0.29) is 13.2 Å². The predicted octanol–water partition coefficient (Wildman–Crippen LogP) is 0.976. The first kappa shape index (κ1) is 19.9. The van der Waals surface area contributed by atoms with Gasteiger partial charge in [-0.05, 0) is 12.8 Å². The Balaban J connectivity index is -0.000000179. The summed E-state index contributed by atoms with van der Waals surface area (Å²) < 4.78 is 0. The average Bonchev–Trinajstić information content (AvgIpc) is 2.11. The zero-order valence-electron chi connectivity index (χ0n) is 8.74. The molecule has 8 nitrogen and oxygen atoms in total. The molecule has 0 saturated carbocycles. The molecule has 8 heteroatoms.